The van der Waals surface area contributed by atoms with Gasteiger partial charge in [0, 0.05) is 45.2 Å². The van der Waals surface area contributed by atoms with Crippen LogP contribution in [0.25, 0.3) is 0 Å². The van der Waals surface area contributed by atoms with E-state index in [4.69, 9.17) is 0 Å². The van der Waals surface area contributed by atoms with E-state index in [0.29, 0.717) is 0 Å². The third kappa shape index (κ3) is 3.58. The molecule has 0 atom stereocenters. The summed E-state index contributed by atoms with van der Waals surface area (Å²) in [7, 11) is 4.07. The number of anilines is 2. The Morgan fingerprint density at radius 2 is 1.75 bits per heavy atom. The first kappa shape index (κ1) is 15.0. The van der Waals surface area contributed by atoms with Gasteiger partial charge in [0.1, 0.15) is 17.5 Å². The Kier molecular flexibility index (Phi) is 5.14. The van der Waals surface area contributed by atoms with Gasteiger partial charge >= 0.3 is 0 Å². The predicted molar refractivity (Wildman–Crippen MR) is 83.0 cm³/mol. The lowest BCUT2D eigenvalue weighted by molar-refractivity contribution is 0.178. The third-order valence-corrected chi connectivity index (χ3v) is 3.67. The zero-order valence-corrected chi connectivity index (χ0v) is 13.0. The van der Waals surface area contributed by atoms with Crippen molar-refractivity contribution in [3.63, 3.8) is 0 Å². The van der Waals surface area contributed by atoms with Crippen molar-refractivity contribution in [2.75, 3.05) is 51.0 Å². The average molecular weight is 278 g/mol. The first-order valence-electron chi connectivity index (χ1n) is 7.39. The highest BCUT2D eigenvalue weighted by molar-refractivity contribution is 5.56. The highest BCUT2D eigenvalue weighted by Gasteiger charge is 2.16. The number of hydrogen-bond acceptors (Lipinski definition) is 6. The molecule has 1 aliphatic heterocycles. The predicted octanol–water partition coefficient (Wildman–Crippen LogP) is 1.35. The fourth-order valence-corrected chi connectivity index (χ4v) is 2.32. The summed E-state index contributed by atoms with van der Waals surface area (Å²) < 4.78 is 0. The lowest BCUT2D eigenvalue weighted by Crippen LogP contribution is -2.47. The van der Waals surface area contributed by atoms with E-state index in [2.05, 4.69) is 51.5 Å². The van der Waals surface area contributed by atoms with Gasteiger partial charge in [0.05, 0.1) is 0 Å². The molecule has 2 N–H and O–H groups in total. The zero-order valence-electron chi connectivity index (χ0n) is 13.0. The van der Waals surface area contributed by atoms with Crippen LogP contribution < -0.4 is 10.7 Å². The zero-order chi connectivity index (χ0) is 14.5. The number of rotatable bonds is 5. The van der Waals surface area contributed by atoms with Crippen LogP contribution in [0.1, 0.15) is 24.7 Å². The molecule has 0 spiro atoms. The summed E-state index contributed by atoms with van der Waals surface area (Å²) in [5, 5.41) is 5.40. The van der Waals surface area contributed by atoms with Gasteiger partial charge in [-0.15, -0.1) is 0 Å². The van der Waals surface area contributed by atoms with Crippen molar-refractivity contribution < 1.29 is 0 Å². The van der Waals surface area contributed by atoms with Crippen LogP contribution in [0.5, 0.6) is 0 Å². The Morgan fingerprint density at radius 3 is 2.35 bits per heavy atom. The Balaban J connectivity index is 2.14. The van der Waals surface area contributed by atoms with Gasteiger partial charge in [0.25, 0.3) is 0 Å². The molecule has 0 amide bonds. The van der Waals surface area contributed by atoms with Crippen molar-refractivity contribution in [2.24, 2.45) is 0 Å². The first-order chi connectivity index (χ1) is 9.63. The molecule has 0 radical (unpaired) electrons. The van der Waals surface area contributed by atoms with E-state index < -0.39 is 0 Å². The van der Waals surface area contributed by atoms with Crippen molar-refractivity contribution in [1.82, 2.24) is 19.9 Å². The summed E-state index contributed by atoms with van der Waals surface area (Å²) in [4.78, 5) is 11.6. The molecule has 0 bridgehead atoms. The molecule has 6 nitrogen and oxygen atoms in total. The molecule has 2 heterocycles. The van der Waals surface area contributed by atoms with Crippen LogP contribution in [-0.2, 0) is 6.42 Å². The minimum atomic E-state index is 0.902. The fraction of sp³-hybridized carbons (Fsp3) is 0.714. The van der Waals surface area contributed by atoms with Crippen LogP contribution >= 0.6 is 0 Å². The second-order valence-electron chi connectivity index (χ2n) is 5.36. The third-order valence-electron chi connectivity index (χ3n) is 3.67. The molecule has 1 fully saturated rings. The molecule has 1 saturated heterocycles. The van der Waals surface area contributed by atoms with Gasteiger partial charge in [-0.05, 0) is 20.4 Å². The smallest absolute Gasteiger partial charge is 0.149 e. The molecule has 0 saturated carbocycles. The second kappa shape index (κ2) is 6.85. The van der Waals surface area contributed by atoms with Crippen molar-refractivity contribution in [3.8, 4) is 0 Å². The van der Waals surface area contributed by atoms with Crippen LogP contribution in [0, 0.1) is 6.92 Å². The molecule has 1 aliphatic rings. The lowest BCUT2D eigenvalue weighted by atomic mass is 10.2. The molecule has 112 valence electrons. The molecule has 6 heteroatoms. The van der Waals surface area contributed by atoms with Gasteiger partial charge in [-0.2, -0.15) is 0 Å². The second-order valence-corrected chi connectivity index (χ2v) is 5.36. The lowest BCUT2D eigenvalue weighted by Gasteiger charge is -2.33. The van der Waals surface area contributed by atoms with Crippen molar-refractivity contribution in [2.45, 2.75) is 26.7 Å². The van der Waals surface area contributed by atoms with E-state index in [1.165, 1.54) is 0 Å². The molecule has 0 aromatic carbocycles. The van der Waals surface area contributed by atoms with Gasteiger partial charge in [0.2, 0.25) is 0 Å². The van der Waals surface area contributed by atoms with Crippen LogP contribution in [0.3, 0.4) is 0 Å². The number of nitrogens with zero attached hydrogens (tertiary/aromatic N) is 4. The van der Waals surface area contributed by atoms with Crippen LogP contribution in [-0.4, -0.2) is 60.2 Å². The molecular formula is C14H26N6. The molecule has 2 rings (SSSR count). The monoisotopic (exact) mass is 278 g/mol. The maximum atomic E-state index is 4.67. The van der Waals surface area contributed by atoms with E-state index in [1.54, 1.807) is 0 Å². The Labute approximate surface area is 121 Å². The molecule has 20 heavy (non-hydrogen) atoms. The number of hydrazine groups is 1. The minimum absolute atomic E-state index is 0.902. The van der Waals surface area contributed by atoms with Gasteiger partial charge < -0.3 is 15.6 Å². The van der Waals surface area contributed by atoms with Crippen molar-refractivity contribution in [1.29, 1.82) is 0 Å². The highest BCUT2D eigenvalue weighted by atomic mass is 15.5. The summed E-state index contributed by atoms with van der Waals surface area (Å²) in [6, 6.07) is 0. The average Bonchev–Trinajstić information content (AvgIpc) is 2.45. The summed E-state index contributed by atoms with van der Waals surface area (Å²) in [5.74, 6) is 2.75. The normalized spacial score (nSPS) is 17.2. The van der Waals surface area contributed by atoms with Crippen LogP contribution in [0.2, 0.25) is 0 Å². The topological polar surface area (TPSA) is 56.3 Å². The van der Waals surface area contributed by atoms with Gasteiger partial charge in [-0.25, -0.2) is 15.0 Å². The van der Waals surface area contributed by atoms with E-state index in [-0.39, 0.29) is 0 Å². The van der Waals surface area contributed by atoms with Crippen LogP contribution in [0.4, 0.5) is 11.6 Å². The Hall–Kier alpha value is -1.40. The summed E-state index contributed by atoms with van der Waals surface area (Å²) in [6.45, 7) is 8.39. The number of piperazine rings is 1. The van der Waals surface area contributed by atoms with Crippen molar-refractivity contribution in [3.05, 3.63) is 11.4 Å². The van der Waals surface area contributed by atoms with E-state index >= 15 is 0 Å². The largest absolute Gasteiger partial charge is 0.373 e. The van der Waals surface area contributed by atoms with E-state index in [9.17, 15) is 0 Å². The highest BCUT2D eigenvalue weighted by Crippen LogP contribution is 2.21. The van der Waals surface area contributed by atoms with Gasteiger partial charge in [-0.1, -0.05) is 6.92 Å². The number of aryl methyl sites for hydroxylation is 1. The summed E-state index contributed by atoms with van der Waals surface area (Å²) >= 11 is 0. The van der Waals surface area contributed by atoms with E-state index in [0.717, 1.165) is 62.0 Å². The maximum Gasteiger partial charge on any atom is 0.149 e. The number of likely N-dealkylation sites (N-methyl/N-ethyl adjacent to an activating group) is 1. The Morgan fingerprint density at radius 1 is 1.10 bits per heavy atom. The number of nitrogens with one attached hydrogen (secondary N) is 2. The van der Waals surface area contributed by atoms with Gasteiger partial charge in [0.15, 0.2) is 0 Å². The minimum Gasteiger partial charge on any atom is -0.373 e. The van der Waals surface area contributed by atoms with E-state index in [1.807, 2.05) is 7.05 Å². The summed E-state index contributed by atoms with van der Waals surface area (Å²) in [5.41, 5.74) is 4.53. The standard InChI is InChI=1S/C14H26N6/c1-5-6-12-16-13(15-3)11(2)14(17-12)18-20-9-7-19(4)8-10-20/h5-10H2,1-4H3,(H2,15,16,17,18). The van der Waals surface area contributed by atoms with Gasteiger partial charge in [-0.3, -0.25) is 0 Å². The summed E-state index contributed by atoms with van der Waals surface area (Å²) in [6.07, 6.45) is 1.96. The molecule has 1 aromatic rings. The quantitative estimate of drug-likeness (QED) is 0.848. The molecular weight excluding hydrogens is 252 g/mol. The van der Waals surface area contributed by atoms with Crippen LogP contribution in [0.15, 0.2) is 0 Å². The molecule has 0 aliphatic carbocycles. The SMILES string of the molecule is CCCc1nc(NC)c(C)c(NN2CCN(C)CC2)n1. The maximum absolute atomic E-state index is 4.67. The first-order valence-corrected chi connectivity index (χ1v) is 7.39. The fourth-order valence-electron chi connectivity index (χ4n) is 2.32. The number of aromatic nitrogens is 2. The van der Waals surface area contributed by atoms with Crippen molar-refractivity contribution >= 4 is 11.6 Å². The molecule has 1 aromatic heterocycles. The number of hydrogen-bond donors (Lipinski definition) is 2. The molecule has 0 unspecified atom stereocenters. The Bertz CT molecular complexity index is 440.